The van der Waals surface area contributed by atoms with E-state index >= 15 is 0 Å². The Kier molecular flexibility index (Phi) is 6.20. The lowest BCUT2D eigenvalue weighted by atomic mass is 10.2. The molecule has 0 radical (unpaired) electrons. The van der Waals surface area contributed by atoms with Crippen LogP contribution in [0.2, 0.25) is 0 Å². The molecule has 0 fully saturated rings. The normalized spacial score (nSPS) is 11.9. The highest BCUT2D eigenvalue weighted by atomic mass is 16.5. The van der Waals surface area contributed by atoms with E-state index in [1.165, 1.54) is 0 Å². The van der Waals surface area contributed by atoms with Gasteiger partial charge in [0.15, 0.2) is 0 Å². The van der Waals surface area contributed by atoms with Gasteiger partial charge in [-0.15, -0.1) is 0 Å². The summed E-state index contributed by atoms with van der Waals surface area (Å²) >= 11 is 0. The molecule has 0 amide bonds. The third-order valence-electron chi connectivity index (χ3n) is 1.43. The van der Waals surface area contributed by atoms with Crippen molar-refractivity contribution in [2.75, 3.05) is 13.2 Å². The molecule has 0 spiro atoms. The molecule has 0 aromatic rings. The summed E-state index contributed by atoms with van der Waals surface area (Å²) in [6, 6.07) is 0. The molecular weight excluding hydrogens is 166 g/mol. The molecule has 0 atom stereocenters. The van der Waals surface area contributed by atoms with Gasteiger partial charge in [-0.2, -0.15) is 0 Å². The van der Waals surface area contributed by atoms with Crippen molar-refractivity contribution in [2.45, 2.75) is 34.1 Å². The van der Waals surface area contributed by atoms with E-state index in [-0.39, 0.29) is 5.97 Å². The van der Waals surface area contributed by atoms with Crippen molar-refractivity contribution < 1.29 is 9.53 Å². The van der Waals surface area contributed by atoms with Gasteiger partial charge in [-0.05, 0) is 19.8 Å². The first-order valence-electron chi connectivity index (χ1n) is 4.71. The molecule has 13 heavy (non-hydrogen) atoms. The zero-order valence-corrected chi connectivity index (χ0v) is 8.96. The van der Waals surface area contributed by atoms with Gasteiger partial charge >= 0.3 is 5.97 Å². The lowest BCUT2D eigenvalue weighted by molar-refractivity contribution is -0.141. The van der Waals surface area contributed by atoms with Crippen LogP contribution >= 0.6 is 0 Å². The summed E-state index contributed by atoms with van der Waals surface area (Å²) in [5.74, 6) is 0.352. The van der Waals surface area contributed by atoms with Crippen molar-refractivity contribution in [3.05, 3.63) is 0 Å². The monoisotopic (exact) mass is 185 g/mol. The number of aliphatic imine (C=N–C) groups is 1. The van der Waals surface area contributed by atoms with E-state index in [4.69, 9.17) is 4.74 Å². The standard InChI is InChI=1S/C10H19NO2/c1-5-13-10(12)6-9(4)11-7-8(2)3/h8H,5-7H2,1-4H3. The van der Waals surface area contributed by atoms with E-state index in [0.29, 0.717) is 18.9 Å². The van der Waals surface area contributed by atoms with Gasteiger partial charge < -0.3 is 4.74 Å². The van der Waals surface area contributed by atoms with Gasteiger partial charge in [0.25, 0.3) is 0 Å². The van der Waals surface area contributed by atoms with Crippen LogP contribution in [0.3, 0.4) is 0 Å². The molecule has 0 saturated carbocycles. The molecule has 0 N–H and O–H groups in total. The minimum absolute atomic E-state index is 0.187. The molecule has 0 aromatic carbocycles. The smallest absolute Gasteiger partial charge is 0.311 e. The van der Waals surface area contributed by atoms with Gasteiger partial charge in [-0.3, -0.25) is 9.79 Å². The largest absolute Gasteiger partial charge is 0.466 e. The number of hydrogen-bond donors (Lipinski definition) is 0. The molecule has 0 heterocycles. The molecule has 0 aliphatic rings. The Labute approximate surface area is 80.2 Å². The van der Waals surface area contributed by atoms with Crippen LogP contribution in [0, 0.1) is 5.92 Å². The fraction of sp³-hybridized carbons (Fsp3) is 0.800. The average Bonchev–Trinajstić information content (AvgIpc) is 2.01. The fourth-order valence-electron chi connectivity index (χ4n) is 0.815. The maximum Gasteiger partial charge on any atom is 0.311 e. The second-order valence-electron chi connectivity index (χ2n) is 3.45. The molecule has 0 aromatic heterocycles. The zero-order valence-electron chi connectivity index (χ0n) is 8.96. The zero-order chi connectivity index (χ0) is 10.3. The highest BCUT2D eigenvalue weighted by Crippen LogP contribution is 1.96. The van der Waals surface area contributed by atoms with Gasteiger partial charge in [0, 0.05) is 12.3 Å². The Hall–Kier alpha value is -0.860. The Morgan fingerprint density at radius 3 is 2.54 bits per heavy atom. The van der Waals surface area contributed by atoms with Crippen LogP contribution < -0.4 is 0 Å². The van der Waals surface area contributed by atoms with Gasteiger partial charge in [0.1, 0.15) is 0 Å². The summed E-state index contributed by atoms with van der Waals surface area (Å²) in [7, 11) is 0. The highest BCUT2D eigenvalue weighted by molar-refractivity contribution is 5.97. The topological polar surface area (TPSA) is 38.7 Å². The molecule has 3 heteroatoms. The van der Waals surface area contributed by atoms with Crippen molar-refractivity contribution >= 4 is 11.7 Å². The summed E-state index contributed by atoms with van der Waals surface area (Å²) in [5, 5.41) is 0. The maximum absolute atomic E-state index is 11.0. The van der Waals surface area contributed by atoms with E-state index in [1.54, 1.807) is 6.92 Å². The number of ether oxygens (including phenoxy) is 1. The Morgan fingerprint density at radius 1 is 1.46 bits per heavy atom. The van der Waals surface area contributed by atoms with Gasteiger partial charge in [-0.25, -0.2) is 0 Å². The molecule has 0 saturated heterocycles. The number of nitrogens with zero attached hydrogens (tertiary/aromatic N) is 1. The van der Waals surface area contributed by atoms with Crippen LogP contribution in [0.4, 0.5) is 0 Å². The minimum Gasteiger partial charge on any atom is -0.466 e. The Bertz CT molecular complexity index is 185. The molecule has 3 nitrogen and oxygen atoms in total. The van der Waals surface area contributed by atoms with E-state index in [1.807, 2.05) is 6.92 Å². The van der Waals surface area contributed by atoms with Crippen LogP contribution in [0.1, 0.15) is 34.1 Å². The predicted molar refractivity (Wildman–Crippen MR) is 54.1 cm³/mol. The van der Waals surface area contributed by atoms with Crippen molar-refractivity contribution in [1.82, 2.24) is 0 Å². The van der Waals surface area contributed by atoms with Crippen LogP contribution in [-0.2, 0) is 9.53 Å². The average molecular weight is 185 g/mol. The van der Waals surface area contributed by atoms with E-state index in [2.05, 4.69) is 18.8 Å². The second-order valence-corrected chi connectivity index (χ2v) is 3.45. The van der Waals surface area contributed by atoms with Gasteiger partial charge in [0.05, 0.1) is 13.0 Å². The lowest BCUT2D eigenvalue weighted by Crippen LogP contribution is -2.09. The van der Waals surface area contributed by atoms with Crippen molar-refractivity contribution in [2.24, 2.45) is 10.9 Å². The summed E-state index contributed by atoms with van der Waals surface area (Å²) in [6.45, 7) is 9.08. The van der Waals surface area contributed by atoms with Crippen LogP contribution in [0.5, 0.6) is 0 Å². The number of carbonyl (C=O) groups is 1. The van der Waals surface area contributed by atoms with E-state index in [9.17, 15) is 4.79 Å². The summed E-state index contributed by atoms with van der Waals surface area (Å²) in [6.07, 6.45) is 0.320. The van der Waals surface area contributed by atoms with Crippen LogP contribution in [0.25, 0.3) is 0 Å². The molecule has 0 rings (SSSR count). The Morgan fingerprint density at radius 2 is 2.08 bits per heavy atom. The molecule has 0 bridgehead atoms. The highest BCUT2D eigenvalue weighted by Gasteiger charge is 2.03. The first kappa shape index (κ1) is 12.1. The molecule has 0 aliphatic carbocycles. The van der Waals surface area contributed by atoms with Crippen LogP contribution in [0.15, 0.2) is 4.99 Å². The molecule has 0 unspecified atom stereocenters. The molecule has 76 valence electrons. The fourth-order valence-corrected chi connectivity index (χ4v) is 0.815. The van der Waals surface area contributed by atoms with Gasteiger partial charge in [0.2, 0.25) is 0 Å². The first-order valence-corrected chi connectivity index (χ1v) is 4.71. The van der Waals surface area contributed by atoms with Gasteiger partial charge in [-0.1, -0.05) is 13.8 Å². The van der Waals surface area contributed by atoms with E-state index in [0.717, 1.165) is 12.3 Å². The molecular formula is C10H19NO2. The maximum atomic E-state index is 11.0. The van der Waals surface area contributed by atoms with Crippen molar-refractivity contribution in [3.63, 3.8) is 0 Å². The minimum atomic E-state index is -0.187. The van der Waals surface area contributed by atoms with E-state index < -0.39 is 0 Å². The Balaban J connectivity index is 3.77. The predicted octanol–water partition coefficient (Wildman–Crippen LogP) is 2.06. The quantitative estimate of drug-likeness (QED) is 0.485. The van der Waals surface area contributed by atoms with Crippen molar-refractivity contribution in [1.29, 1.82) is 0 Å². The summed E-state index contributed by atoms with van der Waals surface area (Å²) in [5.41, 5.74) is 0.854. The molecule has 0 aliphatic heterocycles. The summed E-state index contributed by atoms with van der Waals surface area (Å²) in [4.78, 5) is 15.3. The van der Waals surface area contributed by atoms with Crippen LogP contribution in [-0.4, -0.2) is 24.8 Å². The second kappa shape index (κ2) is 6.63. The third-order valence-corrected chi connectivity index (χ3v) is 1.43. The summed E-state index contributed by atoms with van der Waals surface area (Å²) < 4.78 is 4.80. The first-order chi connectivity index (χ1) is 6.06. The van der Waals surface area contributed by atoms with Crippen molar-refractivity contribution in [3.8, 4) is 0 Å². The number of rotatable bonds is 5. The SMILES string of the molecule is CCOC(=O)CC(C)=NCC(C)C. The number of carbonyl (C=O) groups excluding carboxylic acids is 1. The third kappa shape index (κ3) is 7.50. The number of hydrogen-bond acceptors (Lipinski definition) is 3. The number of esters is 1. The lowest BCUT2D eigenvalue weighted by Gasteiger charge is -2.03.